The van der Waals surface area contributed by atoms with E-state index in [0.717, 1.165) is 6.42 Å². The molecule has 0 N–H and O–H groups in total. The van der Waals surface area contributed by atoms with Crippen LogP contribution in [0.5, 0.6) is 0 Å². The van der Waals surface area contributed by atoms with E-state index >= 15 is 0 Å². The summed E-state index contributed by atoms with van der Waals surface area (Å²) in [5.41, 5.74) is 1.46. The minimum atomic E-state index is 0.609. The van der Waals surface area contributed by atoms with E-state index in [9.17, 15) is 0 Å². The summed E-state index contributed by atoms with van der Waals surface area (Å²) in [4.78, 5) is 2.53. The summed E-state index contributed by atoms with van der Waals surface area (Å²) in [7, 11) is 0. The standard InChI is InChI=1S/C8H8S2/c1-5-4-6-2-3-10-8(6)7(5)9/h2-3,5H,4H2,1H3. The molecule has 0 saturated carbocycles. The molecule has 0 fully saturated rings. The van der Waals surface area contributed by atoms with Gasteiger partial charge in [0.15, 0.2) is 0 Å². The van der Waals surface area contributed by atoms with Crippen LogP contribution in [0.4, 0.5) is 0 Å². The van der Waals surface area contributed by atoms with Crippen LogP contribution in [0.3, 0.4) is 0 Å². The quantitative estimate of drug-likeness (QED) is 0.537. The average Bonchev–Trinajstić information content (AvgIpc) is 2.41. The Kier molecular flexibility index (Phi) is 1.39. The van der Waals surface area contributed by atoms with Crippen molar-refractivity contribution in [1.29, 1.82) is 0 Å². The number of hydrogen-bond acceptors (Lipinski definition) is 2. The van der Waals surface area contributed by atoms with Crippen molar-refractivity contribution in [1.82, 2.24) is 0 Å². The maximum atomic E-state index is 5.26. The van der Waals surface area contributed by atoms with Crippen LogP contribution in [0.2, 0.25) is 0 Å². The first-order valence-electron chi connectivity index (χ1n) is 3.39. The van der Waals surface area contributed by atoms with E-state index in [0.29, 0.717) is 5.92 Å². The molecule has 52 valence electrons. The van der Waals surface area contributed by atoms with Gasteiger partial charge in [0.05, 0.1) is 0 Å². The Morgan fingerprint density at radius 2 is 2.50 bits per heavy atom. The molecule has 1 atom stereocenters. The molecular weight excluding hydrogens is 160 g/mol. The third-order valence-corrected chi connectivity index (χ3v) is 3.67. The summed E-state index contributed by atoms with van der Waals surface area (Å²) in [5, 5.41) is 2.13. The minimum absolute atomic E-state index is 0.609. The van der Waals surface area contributed by atoms with Gasteiger partial charge in [-0.15, -0.1) is 11.3 Å². The Hall–Kier alpha value is -0.210. The molecule has 1 aromatic heterocycles. The van der Waals surface area contributed by atoms with E-state index < -0.39 is 0 Å². The third-order valence-electron chi connectivity index (χ3n) is 1.94. The summed E-state index contributed by atoms with van der Waals surface area (Å²) in [6, 6.07) is 2.19. The first-order chi connectivity index (χ1) is 4.79. The fraction of sp³-hybridized carbons (Fsp3) is 0.375. The summed E-state index contributed by atoms with van der Waals surface area (Å²) in [6.07, 6.45) is 1.16. The first-order valence-corrected chi connectivity index (χ1v) is 4.68. The highest BCUT2D eigenvalue weighted by atomic mass is 32.1. The molecule has 0 amide bonds. The second-order valence-corrected chi connectivity index (χ2v) is 4.10. The lowest BCUT2D eigenvalue weighted by molar-refractivity contribution is 0.810. The Morgan fingerprint density at radius 1 is 1.70 bits per heavy atom. The van der Waals surface area contributed by atoms with Crippen LogP contribution < -0.4 is 0 Å². The van der Waals surface area contributed by atoms with Gasteiger partial charge in [-0.3, -0.25) is 0 Å². The van der Waals surface area contributed by atoms with E-state index in [-0.39, 0.29) is 0 Å². The van der Waals surface area contributed by atoms with Crippen LogP contribution in [-0.4, -0.2) is 4.86 Å². The highest BCUT2D eigenvalue weighted by Gasteiger charge is 2.23. The zero-order chi connectivity index (χ0) is 7.14. The molecule has 0 nitrogen and oxygen atoms in total. The Morgan fingerprint density at radius 3 is 3.20 bits per heavy atom. The second kappa shape index (κ2) is 2.14. The molecule has 0 aliphatic heterocycles. The van der Waals surface area contributed by atoms with Gasteiger partial charge in [0, 0.05) is 9.74 Å². The Labute approximate surface area is 69.9 Å². The van der Waals surface area contributed by atoms with Gasteiger partial charge in [-0.05, 0) is 29.3 Å². The highest BCUT2D eigenvalue weighted by molar-refractivity contribution is 7.81. The van der Waals surface area contributed by atoms with Crippen molar-refractivity contribution in [2.75, 3.05) is 0 Å². The molecule has 2 heteroatoms. The van der Waals surface area contributed by atoms with E-state index in [1.807, 2.05) is 0 Å². The number of fused-ring (bicyclic) bond motifs is 1. The van der Waals surface area contributed by atoms with Gasteiger partial charge in [-0.2, -0.15) is 0 Å². The lowest BCUT2D eigenvalue weighted by Crippen LogP contribution is -2.00. The fourth-order valence-corrected chi connectivity index (χ4v) is 2.71. The maximum absolute atomic E-state index is 5.26. The molecule has 1 unspecified atom stereocenters. The third kappa shape index (κ3) is 0.756. The maximum Gasteiger partial charge on any atom is 0.0444 e. The highest BCUT2D eigenvalue weighted by Crippen LogP contribution is 2.31. The minimum Gasteiger partial charge on any atom is -0.143 e. The van der Waals surface area contributed by atoms with Crippen molar-refractivity contribution < 1.29 is 0 Å². The molecule has 0 bridgehead atoms. The Balaban J connectivity index is 2.53. The molecule has 1 heterocycles. The lowest BCUT2D eigenvalue weighted by atomic mass is 10.1. The molecule has 0 radical (unpaired) electrons. The molecular formula is C8H8S2. The van der Waals surface area contributed by atoms with Gasteiger partial charge in [0.1, 0.15) is 0 Å². The van der Waals surface area contributed by atoms with E-state index in [2.05, 4.69) is 18.4 Å². The predicted octanol–water partition coefficient (Wildman–Crippen LogP) is 2.66. The van der Waals surface area contributed by atoms with Crippen molar-refractivity contribution in [3.8, 4) is 0 Å². The van der Waals surface area contributed by atoms with Crippen LogP contribution in [0.1, 0.15) is 17.4 Å². The largest absolute Gasteiger partial charge is 0.143 e. The van der Waals surface area contributed by atoms with Crippen molar-refractivity contribution >= 4 is 28.4 Å². The van der Waals surface area contributed by atoms with Crippen molar-refractivity contribution in [2.45, 2.75) is 13.3 Å². The number of thiocarbonyl (C=S) groups is 1. The summed E-state index contributed by atoms with van der Waals surface area (Å²) >= 11 is 7.04. The summed E-state index contributed by atoms with van der Waals surface area (Å²) in [6.45, 7) is 2.20. The summed E-state index contributed by atoms with van der Waals surface area (Å²) < 4.78 is 0. The van der Waals surface area contributed by atoms with Gasteiger partial charge >= 0.3 is 0 Å². The predicted molar refractivity (Wildman–Crippen MR) is 48.9 cm³/mol. The summed E-state index contributed by atoms with van der Waals surface area (Å²) in [5.74, 6) is 0.609. The second-order valence-electron chi connectivity index (χ2n) is 2.74. The molecule has 10 heavy (non-hydrogen) atoms. The lowest BCUT2D eigenvalue weighted by Gasteiger charge is -1.97. The van der Waals surface area contributed by atoms with E-state index in [1.54, 1.807) is 11.3 Å². The zero-order valence-electron chi connectivity index (χ0n) is 5.76. The van der Waals surface area contributed by atoms with Gasteiger partial charge in [-0.25, -0.2) is 0 Å². The van der Waals surface area contributed by atoms with Crippen molar-refractivity contribution in [2.24, 2.45) is 5.92 Å². The van der Waals surface area contributed by atoms with Gasteiger partial charge in [0.2, 0.25) is 0 Å². The molecule has 2 rings (SSSR count). The number of rotatable bonds is 0. The van der Waals surface area contributed by atoms with E-state index in [4.69, 9.17) is 12.2 Å². The molecule has 1 aromatic rings. The monoisotopic (exact) mass is 168 g/mol. The SMILES string of the molecule is CC1Cc2ccsc2C1=S. The van der Waals surface area contributed by atoms with Crippen LogP contribution in [-0.2, 0) is 6.42 Å². The molecule has 1 aliphatic carbocycles. The average molecular weight is 168 g/mol. The van der Waals surface area contributed by atoms with Crippen molar-refractivity contribution in [3.63, 3.8) is 0 Å². The molecule has 1 aliphatic rings. The van der Waals surface area contributed by atoms with E-state index in [1.165, 1.54) is 15.3 Å². The van der Waals surface area contributed by atoms with Crippen LogP contribution in [0.25, 0.3) is 0 Å². The topological polar surface area (TPSA) is 0 Å². The molecule has 0 saturated heterocycles. The Bertz CT molecular complexity index is 273. The normalized spacial score (nSPS) is 23.3. The zero-order valence-corrected chi connectivity index (χ0v) is 7.39. The van der Waals surface area contributed by atoms with Crippen LogP contribution in [0, 0.1) is 5.92 Å². The number of thiophene rings is 1. The van der Waals surface area contributed by atoms with Gasteiger partial charge in [-0.1, -0.05) is 19.1 Å². The molecule has 0 aromatic carbocycles. The number of hydrogen-bond donors (Lipinski definition) is 0. The molecule has 0 spiro atoms. The van der Waals surface area contributed by atoms with Crippen LogP contribution in [0.15, 0.2) is 11.4 Å². The van der Waals surface area contributed by atoms with Gasteiger partial charge < -0.3 is 0 Å². The van der Waals surface area contributed by atoms with Crippen LogP contribution >= 0.6 is 23.6 Å². The smallest absolute Gasteiger partial charge is 0.0444 e. The first kappa shape index (κ1) is 6.50. The van der Waals surface area contributed by atoms with Crippen molar-refractivity contribution in [3.05, 3.63) is 21.9 Å². The fourth-order valence-electron chi connectivity index (χ4n) is 1.36. The van der Waals surface area contributed by atoms with Gasteiger partial charge in [0.25, 0.3) is 0 Å².